The van der Waals surface area contributed by atoms with Crippen molar-refractivity contribution in [2.45, 2.75) is 6.42 Å². The van der Waals surface area contributed by atoms with Crippen molar-refractivity contribution in [3.63, 3.8) is 0 Å². The highest BCUT2D eigenvalue weighted by Crippen LogP contribution is 2.30. The van der Waals surface area contributed by atoms with Gasteiger partial charge in [-0.15, -0.1) is 0 Å². The Morgan fingerprint density at radius 3 is 2.60 bits per heavy atom. The molecule has 25 heavy (non-hydrogen) atoms. The first kappa shape index (κ1) is 17.2. The Morgan fingerprint density at radius 1 is 1.08 bits per heavy atom. The van der Waals surface area contributed by atoms with E-state index < -0.39 is 24.2 Å². The minimum absolute atomic E-state index is 0.00507. The predicted molar refractivity (Wildman–Crippen MR) is 88.1 cm³/mol. The molecule has 0 atom stereocenters. The lowest BCUT2D eigenvalue weighted by atomic mass is 10.1. The summed E-state index contributed by atoms with van der Waals surface area (Å²) in [6, 6.07) is 8.08. The van der Waals surface area contributed by atoms with Crippen LogP contribution >= 0.6 is 11.6 Å². The number of carbonyl (C=O) groups excluding carboxylic acids is 2. The number of rotatable bonds is 4. The van der Waals surface area contributed by atoms with Gasteiger partial charge in [-0.3, -0.25) is 4.79 Å². The first-order valence-electron chi connectivity index (χ1n) is 7.59. The zero-order chi connectivity index (χ0) is 17.8. The molecule has 7 heteroatoms. The Hall–Kier alpha value is -2.60. The third-order valence-corrected chi connectivity index (χ3v) is 3.87. The molecule has 0 aliphatic carbocycles. The van der Waals surface area contributed by atoms with Gasteiger partial charge in [-0.25, -0.2) is 9.18 Å². The number of hydrogen-bond acceptors (Lipinski definition) is 5. The number of halogens is 2. The summed E-state index contributed by atoms with van der Waals surface area (Å²) in [4.78, 5) is 24.2. The van der Waals surface area contributed by atoms with Crippen LogP contribution in [0.5, 0.6) is 11.5 Å². The van der Waals surface area contributed by atoms with E-state index in [0.717, 1.165) is 18.6 Å². The molecule has 0 fully saturated rings. The smallest absolute Gasteiger partial charge is 0.340 e. The molecule has 0 saturated heterocycles. The summed E-state index contributed by atoms with van der Waals surface area (Å²) in [6.45, 7) is 0.589. The van der Waals surface area contributed by atoms with Crippen molar-refractivity contribution < 1.29 is 28.2 Å². The summed E-state index contributed by atoms with van der Waals surface area (Å²) < 4.78 is 29.0. The SMILES string of the molecule is O=C(COC(=O)c1ccc(F)cc1Cl)c1ccc2c(c1)OCCCO2. The Kier molecular flexibility index (Phi) is 5.19. The van der Waals surface area contributed by atoms with E-state index in [1.54, 1.807) is 18.2 Å². The minimum atomic E-state index is -0.798. The summed E-state index contributed by atoms with van der Waals surface area (Å²) in [6.07, 6.45) is 0.758. The summed E-state index contributed by atoms with van der Waals surface area (Å²) in [5.74, 6) is -0.708. The molecule has 0 bridgehead atoms. The van der Waals surface area contributed by atoms with Crippen molar-refractivity contribution in [3.05, 3.63) is 58.4 Å². The fourth-order valence-electron chi connectivity index (χ4n) is 2.28. The van der Waals surface area contributed by atoms with Crippen LogP contribution in [0.15, 0.2) is 36.4 Å². The molecule has 1 aliphatic heterocycles. The number of ether oxygens (including phenoxy) is 3. The van der Waals surface area contributed by atoms with Gasteiger partial charge in [-0.1, -0.05) is 11.6 Å². The van der Waals surface area contributed by atoms with E-state index in [2.05, 4.69) is 0 Å². The highest BCUT2D eigenvalue weighted by Gasteiger charge is 2.17. The van der Waals surface area contributed by atoms with E-state index in [4.69, 9.17) is 25.8 Å². The molecule has 3 rings (SSSR count). The highest BCUT2D eigenvalue weighted by atomic mass is 35.5. The Labute approximate surface area is 148 Å². The van der Waals surface area contributed by atoms with Crippen molar-refractivity contribution in [1.29, 1.82) is 0 Å². The lowest BCUT2D eigenvalue weighted by molar-refractivity contribution is 0.0475. The summed E-state index contributed by atoms with van der Waals surface area (Å²) in [7, 11) is 0. The monoisotopic (exact) mass is 364 g/mol. The maximum absolute atomic E-state index is 13.0. The Morgan fingerprint density at radius 2 is 1.84 bits per heavy atom. The Bertz CT molecular complexity index is 821. The van der Waals surface area contributed by atoms with Crippen molar-refractivity contribution >= 4 is 23.4 Å². The van der Waals surface area contributed by atoms with Gasteiger partial charge in [0.25, 0.3) is 0 Å². The maximum Gasteiger partial charge on any atom is 0.340 e. The van der Waals surface area contributed by atoms with Gasteiger partial charge in [0, 0.05) is 12.0 Å². The third kappa shape index (κ3) is 4.09. The van der Waals surface area contributed by atoms with Crippen LogP contribution in [-0.2, 0) is 4.74 Å². The van der Waals surface area contributed by atoms with Crippen LogP contribution in [0.1, 0.15) is 27.1 Å². The van der Waals surface area contributed by atoms with Gasteiger partial charge in [0.15, 0.2) is 23.9 Å². The van der Waals surface area contributed by atoms with Gasteiger partial charge in [0.05, 0.1) is 23.8 Å². The van der Waals surface area contributed by atoms with Crippen LogP contribution in [-0.4, -0.2) is 31.6 Å². The number of hydrogen-bond donors (Lipinski definition) is 0. The van der Waals surface area contributed by atoms with Crippen LogP contribution in [0.25, 0.3) is 0 Å². The molecule has 0 N–H and O–H groups in total. The molecular weight excluding hydrogens is 351 g/mol. The topological polar surface area (TPSA) is 61.8 Å². The average Bonchev–Trinajstić information content (AvgIpc) is 2.84. The number of fused-ring (bicyclic) bond motifs is 1. The molecule has 1 aliphatic rings. The molecule has 2 aromatic carbocycles. The fraction of sp³-hybridized carbons (Fsp3) is 0.222. The van der Waals surface area contributed by atoms with Gasteiger partial charge in [0.2, 0.25) is 0 Å². The Balaban J connectivity index is 1.66. The van der Waals surface area contributed by atoms with Crippen molar-refractivity contribution in [3.8, 4) is 11.5 Å². The van der Waals surface area contributed by atoms with Gasteiger partial charge < -0.3 is 14.2 Å². The minimum Gasteiger partial charge on any atom is -0.490 e. The molecule has 0 aromatic heterocycles. The van der Waals surface area contributed by atoms with E-state index in [1.165, 1.54) is 6.07 Å². The molecule has 5 nitrogen and oxygen atoms in total. The number of benzene rings is 2. The second-order valence-corrected chi connectivity index (χ2v) is 5.74. The number of Topliss-reactive ketones (excluding diaryl/α,β-unsaturated/α-hetero) is 1. The van der Waals surface area contributed by atoms with Crippen molar-refractivity contribution in [2.24, 2.45) is 0 Å². The second kappa shape index (κ2) is 7.53. The van der Waals surface area contributed by atoms with Crippen LogP contribution in [0.4, 0.5) is 4.39 Å². The molecule has 0 unspecified atom stereocenters. The molecule has 0 radical (unpaired) electrons. The lowest BCUT2D eigenvalue weighted by Crippen LogP contribution is -2.14. The van der Waals surface area contributed by atoms with E-state index in [-0.39, 0.29) is 10.6 Å². The van der Waals surface area contributed by atoms with Gasteiger partial charge in [-0.05, 0) is 36.4 Å². The maximum atomic E-state index is 13.0. The molecule has 0 spiro atoms. The average molecular weight is 365 g/mol. The quantitative estimate of drug-likeness (QED) is 0.611. The summed E-state index contributed by atoms with van der Waals surface area (Å²) >= 11 is 5.80. The zero-order valence-corrected chi connectivity index (χ0v) is 13.8. The predicted octanol–water partition coefficient (Wildman–Crippen LogP) is 3.68. The molecule has 1 heterocycles. The van der Waals surface area contributed by atoms with Crippen LogP contribution in [0.3, 0.4) is 0 Å². The first-order valence-corrected chi connectivity index (χ1v) is 7.97. The molecule has 130 valence electrons. The molecular formula is C18H14ClFO5. The van der Waals surface area contributed by atoms with Crippen LogP contribution in [0, 0.1) is 5.82 Å². The largest absolute Gasteiger partial charge is 0.490 e. The third-order valence-electron chi connectivity index (χ3n) is 3.55. The van der Waals surface area contributed by atoms with E-state index >= 15 is 0 Å². The summed E-state index contributed by atoms with van der Waals surface area (Å²) in [5.41, 5.74) is 0.330. The fourth-order valence-corrected chi connectivity index (χ4v) is 2.53. The van der Waals surface area contributed by atoms with Crippen LogP contribution in [0.2, 0.25) is 5.02 Å². The van der Waals surface area contributed by atoms with E-state index in [9.17, 15) is 14.0 Å². The normalized spacial score (nSPS) is 13.0. The molecule has 2 aromatic rings. The standard InChI is InChI=1S/C18H14ClFO5/c19-14-9-12(20)3-4-13(14)18(22)25-10-15(21)11-2-5-16-17(8-11)24-7-1-6-23-16/h2-5,8-9H,1,6-7,10H2. The first-order chi connectivity index (χ1) is 12.0. The molecule has 0 amide bonds. The number of esters is 1. The van der Waals surface area contributed by atoms with E-state index in [0.29, 0.717) is 30.3 Å². The zero-order valence-electron chi connectivity index (χ0n) is 13.1. The van der Waals surface area contributed by atoms with Gasteiger partial charge >= 0.3 is 5.97 Å². The van der Waals surface area contributed by atoms with Crippen LogP contribution < -0.4 is 9.47 Å². The molecule has 0 saturated carbocycles. The highest BCUT2D eigenvalue weighted by molar-refractivity contribution is 6.33. The van der Waals surface area contributed by atoms with Crippen molar-refractivity contribution in [1.82, 2.24) is 0 Å². The van der Waals surface area contributed by atoms with Crippen molar-refractivity contribution in [2.75, 3.05) is 19.8 Å². The number of carbonyl (C=O) groups is 2. The van der Waals surface area contributed by atoms with Gasteiger partial charge in [-0.2, -0.15) is 0 Å². The van der Waals surface area contributed by atoms with E-state index in [1.807, 2.05) is 0 Å². The van der Waals surface area contributed by atoms with Gasteiger partial charge in [0.1, 0.15) is 5.82 Å². The lowest BCUT2D eigenvalue weighted by Gasteiger charge is -2.09. The second-order valence-electron chi connectivity index (χ2n) is 5.34. The summed E-state index contributed by atoms with van der Waals surface area (Å²) in [5, 5.41) is -0.0759. The number of ketones is 1.